The van der Waals surface area contributed by atoms with Crippen LogP contribution in [0.4, 0.5) is 10.1 Å². The molecule has 1 unspecified atom stereocenters. The molecule has 1 aromatic carbocycles. The molecule has 0 bridgehead atoms. The summed E-state index contributed by atoms with van der Waals surface area (Å²) >= 11 is 0. The number of aliphatic hydroxyl groups is 1. The van der Waals surface area contributed by atoms with E-state index in [1.165, 1.54) is 12.1 Å². The summed E-state index contributed by atoms with van der Waals surface area (Å²) in [5, 5.41) is 9.20. The predicted octanol–water partition coefficient (Wildman–Crippen LogP) is -0.210. The van der Waals surface area contributed by atoms with E-state index in [2.05, 4.69) is 0 Å². The van der Waals surface area contributed by atoms with E-state index in [4.69, 9.17) is 10.5 Å². The van der Waals surface area contributed by atoms with Crippen LogP contribution in [0.2, 0.25) is 0 Å². The fraction of sp³-hybridized carbons (Fsp3) is 0.455. The average molecular weight is 290 g/mol. The van der Waals surface area contributed by atoms with E-state index in [1.807, 2.05) is 0 Å². The number of sulfonamides is 1. The van der Waals surface area contributed by atoms with Gasteiger partial charge in [0, 0.05) is 6.54 Å². The molecule has 8 heteroatoms. The number of benzene rings is 1. The molecule has 0 radical (unpaired) electrons. The highest BCUT2D eigenvalue weighted by molar-refractivity contribution is 7.89. The number of hydrogen-bond donors (Lipinski definition) is 2. The van der Waals surface area contributed by atoms with Crippen LogP contribution in [0.25, 0.3) is 0 Å². The van der Waals surface area contributed by atoms with Gasteiger partial charge in [0.15, 0.2) is 0 Å². The molecule has 6 nitrogen and oxygen atoms in total. The maximum Gasteiger partial charge on any atom is 0.245 e. The molecule has 19 heavy (non-hydrogen) atoms. The Labute approximate surface area is 110 Å². The molecular weight excluding hydrogens is 275 g/mol. The Morgan fingerprint density at radius 2 is 2.26 bits per heavy atom. The number of aliphatic hydroxyl groups excluding tert-OH is 1. The molecule has 0 aliphatic carbocycles. The summed E-state index contributed by atoms with van der Waals surface area (Å²) < 4.78 is 44.5. The van der Waals surface area contributed by atoms with Crippen molar-refractivity contribution in [3.05, 3.63) is 24.0 Å². The lowest BCUT2D eigenvalue weighted by Crippen LogP contribution is -2.50. The van der Waals surface area contributed by atoms with E-state index in [1.54, 1.807) is 0 Å². The smallest absolute Gasteiger partial charge is 0.245 e. The maximum atomic E-state index is 13.4. The van der Waals surface area contributed by atoms with E-state index in [-0.39, 0.29) is 31.3 Å². The molecule has 0 spiro atoms. The van der Waals surface area contributed by atoms with Gasteiger partial charge in [-0.2, -0.15) is 4.31 Å². The Morgan fingerprint density at radius 3 is 2.95 bits per heavy atom. The first-order valence-electron chi connectivity index (χ1n) is 5.73. The zero-order chi connectivity index (χ0) is 14.0. The highest BCUT2D eigenvalue weighted by Gasteiger charge is 2.35. The van der Waals surface area contributed by atoms with Crippen molar-refractivity contribution in [1.29, 1.82) is 0 Å². The number of nitrogens with two attached hydrogens (primary N) is 1. The van der Waals surface area contributed by atoms with Crippen molar-refractivity contribution in [1.82, 2.24) is 4.31 Å². The van der Waals surface area contributed by atoms with Crippen molar-refractivity contribution in [2.45, 2.75) is 10.9 Å². The Bertz CT molecular complexity index is 564. The molecule has 3 N–H and O–H groups in total. The molecule has 1 aliphatic heterocycles. The van der Waals surface area contributed by atoms with Crippen LogP contribution in [0.5, 0.6) is 0 Å². The van der Waals surface area contributed by atoms with Gasteiger partial charge in [-0.3, -0.25) is 0 Å². The van der Waals surface area contributed by atoms with Crippen LogP contribution < -0.4 is 5.73 Å². The molecular formula is C11H15FN2O4S. The number of nitrogens with zero attached hydrogens (tertiary/aromatic N) is 1. The normalized spacial score (nSPS) is 21.5. The number of halogens is 1. The van der Waals surface area contributed by atoms with E-state index < -0.39 is 27.6 Å². The second-order valence-corrected chi connectivity index (χ2v) is 6.04. The number of hydrogen-bond acceptors (Lipinski definition) is 5. The van der Waals surface area contributed by atoms with Gasteiger partial charge in [-0.1, -0.05) is 6.07 Å². The van der Waals surface area contributed by atoms with Gasteiger partial charge in [0.25, 0.3) is 0 Å². The van der Waals surface area contributed by atoms with Gasteiger partial charge in [-0.15, -0.1) is 0 Å². The number of para-hydroxylation sites is 1. The largest absolute Gasteiger partial charge is 0.395 e. The van der Waals surface area contributed by atoms with Gasteiger partial charge in [-0.05, 0) is 12.1 Å². The van der Waals surface area contributed by atoms with Crippen molar-refractivity contribution >= 4 is 15.7 Å². The quantitative estimate of drug-likeness (QED) is 0.751. The number of anilines is 1. The Hall–Kier alpha value is -1.22. The summed E-state index contributed by atoms with van der Waals surface area (Å²) in [6.45, 7) is 0.0634. The van der Waals surface area contributed by atoms with Crippen LogP contribution in [-0.2, 0) is 14.8 Å². The second-order valence-electron chi connectivity index (χ2n) is 4.18. The minimum absolute atomic E-state index is 0.101. The van der Waals surface area contributed by atoms with Gasteiger partial charge in [0.2, 0.25) is 10.0 Å². The molecule has 1 aromatic rings. The molecule has 106 valence electrons. The molecule has 1 saturated heterocycles. The first-order chi connectivity index (χ1) is 8.98. The zero-order valence-corrected chi connectivity index (χ0v) is 10.9. The van der Waals surface area contributed by atoms with Crippen LogP contribution >= 0.6 is 0 Å². The monoisotopic (exact) mass is 290 g/mol. The molecule has 1 heterocycles. The number of rotatable bonds is 3. The van der Waals surface area contributed by atoms with Crippen LogP contribution in [0.1, 0.15) is 0 Å². The van der Waals surface area contributed by atoms with Gasteiger partial charge >= 0.3 is 0 Å². The number of nitrogen functional groups attached to an aromatic ring is 1. The zero-order valence-electron chi connectivity index (χ0n) is 10.1. The third kappa shape index (κ3) is 2.57. The summed E-state index contributed by atoms with van der Waals surface area (Å²) in [6.07, 6.45) is 0. The Kier molecular flexibility index (Phi) is 4.04. The molecule has 0 saturated carbocycles. The fourth-order valence-corrected chi connectivity index (χ4v) is 3.68. The van der Waals surface area contributed by atoms with Crippen LogP contribution in [0.3, 0.4) is 0 Å². The van der Waals surface area contributed by atoms with Crippen molar-refractivity contribution in [2.75, 3.05) is 32.1 Å². The molecule has 0 aromatic heterocycles. The Morgan fingerprint density at radius 1 is 1.53 bits per heavy atom. The van der Waals surface area contributed by atoms with E-state index in [0.717, 1.165) is 10.4 Å². The van der Waals surface area contributed by atoms with Crippen LogP contribution in [0.15, 0.2) is 23.1 Å². The molecule has 0 amide bonds. The Balaban J connectivity index is 2.44. The first kappa shape index (κ1) is 14.2. The highest BCUT2D eigenvalue weighted by Crippen LogP contribution is 2.26. The topological polar surface area (TPSA) is 92.9 Å². The SMILES string of the molecule is Nc1c(F)cccc1S(=O)(=O)N1CCOCC1CO. The maximum absolute atomic E-state index is 13.4. The van der Waals surface area contributed by atoms with Crippen molar-refractivity contribution < 1.29 is 22.7 Å². The van der Waals surface area contributed by atoms with Crippen molar-refractivity contribution in [2.24, 2.45) is 0 Å². The fourth-order valence-electron chi connectivity index (χ4n) is 1.97. The molecule has 1 fully saturated rings. The first-order valence-corrected chi connectivity index (χ1v) is 7.17. The minimum atomic E-state index is -3.95. The summed E-state index contributed by atoms with van der Waals surface area (Å²) in [5.41, 5.74) is 5.08. The van der Waals surface area contributed by atoms with Crippen molar-refractivity contribution in [3.8, 4) is 0 Å². The van der Waals surface area contributed by atoms with E-state index >= 15 is 0 Å². The average Bonchev–Trinajstić information content (AvgIpc) is 2.41. The lowest BCUT2D eigenvalue weighted by molar-refractivity contribution is 0.0109. The number of morpholine rings is 1. The van der Waals surface area contributed by atoms with Gasteiger partial charge < -0.3 is 15.6 Å². The van der Waals surface area contributed by atoms with Crippen molar-refractivity contribution in [3.63, 3.8) is 0 Å². The second kappa shape index (κ2) is 5.41. The lowest BCUT2D eigenvalue weighted by Gasteiger charge is -2.33. The lowest BCUT2D eigenvalue weighted by atomic mass is 10.3. The third-order valence-corrected chi connectivity index (χ3v) is 4.99. The summed E-state index contributed by atoms with van der Waals surface area (Å²) in [6, 6.07) is 2.95. The minimum Gasteiger partial charge on any atom is -0.395 e. The molecule has 2 rings (SSSR count). The standard InChI is InChI=1S/C11H15FN2O4S/c12-9-2-1-3-10(11(9)13)19(16,17)14-4-5-18-7-8(14)6-15/h1-3,8,15H,4-7,13H2. The third-order valence-electron chi connectivity index (χ3n) is 2.98. The van der Waals surface area contributed by atoms with E-state index in [0.29, 0.717) is 0 Å². The highest BCUT2D eigenvalue weighted by atomic mass is 32.2. The summed E-state index contributed by atoms with van der Waals surface area (Å²) in [7, 11) is -3.95. The van der Waals surface area contributed by atoms with Gasteiger partial charge in [-0.25, -0.2) is 12.8 Å². The van der Waals surface area contributed by atoms with Crippen LogP contribution in [-0.4, -0.2) is 50.2 Å². The summed E-state index contributed by atoms with van der Waals surface area (Å²) in [5.74, 6) is -0.783. The predicted molar refractivity (Wildman–Crippen MR) is 66.4 cm³/mol. The van der Waals surface area contributed by atoms with Gasteiger partial charge in [0.05, 0.1) is 31.5 Å². The molecule has 1 atom stereocenters. The molecule has 1 aliphatic rings. The number of ether oxygens (including phenoxy) is 1. The van der Waals surface area contributed by atoms with Gasteiger partial charge in [0.1, 0.15) is 10.7 Å². The van der Waals surface area contributed by atoms with E-state index in [9.17, 15) is 17.9 Å². The summed E-state index contributed by atoms with van der Waals surface area (Å²) in [4.78, 5) is -0.284. The van der Waals surface area contributed by atoms with Crippen LogP contribution in [0, 0.1) is 5.82 Å².